The van der Waals surface area contributed by atoms with Crippen LogP contribution >= 0.6 is 0 Å². The maximum absolute atomic E-state index is 12.2. The van der Waals surface area contributed by atoms with Gasteiger partial charge in [-0.25, -0.2) is 0 Å². The smallest absolute Gasteiger partial charge is 0.291 e. The molecule has 0 bridgehead atoms. The first kappa shape index (κ1) is 9.84. The second kappa shape index (κ2) is 3.59. The van der Waals surface area contributed by atoms with E-state index in [0.717, 1.165) is 10.8 Å². The van der Waals surface area contributed by atoms with E-state index in [2.05, 4.69) is 4.98 Å². The summed E-state index contributed by atoms with van der Waals surface area (Å²) in [7, 11) is 1.47. The highest BCUT2D eigenvalue weighted by Gasteiger charge is 2.09. The van der Waals surface area contributed by atoms with Crippen molar-refractivity contribution in [2.75, 3.05) is 7.11 Å². The number of hydrogen-bond acceptors (Lipinski definition) is 3. The molecule has 0 amide bonds. The van der Waals surface area contributed by atoms with Crippen LogP contribution in [0.25, 0.3) is 21.7 Å². The maximum Gasteiger partial charge on any atom is 0.291 e. The van der Waals surface area contributed by atoms with Crippen molar-refractivity contribution in [2.24, 2.45) is 0 Å². The second-order valence-corrected chi connectivity index (χ2v) is 3.72. The average Bonchev–Trinajstić information content (AvgIpc) is 2.40. The fourth-order valence-corrected chi connectivity index (χ4v) is 2.08. The first-order valence-corrected chi connectivity index (χ1v) is 5.25. The third-order valence-corrected chi connectivity index (χ3v) is 2.83. The highest BCUT2D eigenvalue weighted by molar-refractivity contribution is 6.04. The van der Waals surface area contributed by atoms with Gasteiger partial charge in [-0.15, -0.1) is 4.73 Å². The molecule has 0 spiro atoms. The van der Waals surface area contributed by atoms with Gasteiger partial charge in [0.05, 0.1) is 11.6 Å². The van der Waals surface area contributed by atoms with Gasteiger partial charge in [-0.2, -0.15) is 0 Å². The third kappa shape index (κ3) is 1.30. The lowest BCUT2D eigenvalue weighted by Gasteiger charge is -2.10. The fraction of sp³-hybridized carbons (Fsp3) is 0.0769. The van der Waals surface area contributed by atoms with Gasteiger partial charge in [-0.05, 0) is 17.5 Å². The zero-order valence-electron chi connectivity index (χ0n) is 9.25. The van der Waals surface area contributed by atoms with Crippen molar-refractivity contribution < 1.29 is 4.84 Å². The van der Waals surface area contributed by atoms with E-state index in [4.69, 9.17) is 4.84 Å². The van der Waals surface area contributed by atoms with Gasteiger partial charge in [0.25, 0.3) is 5.56 Å². The SMILES string of the molecule is COn1c(=O)c2ccccc2c2ccncc21. The van der Waals surface area contributed by atoms with Gasteiger partial charge in [-0.1, -0.05) is 18.2 Å². The van der Waals surface area contributed by atoms with Crippen molar-refractivity contribution in [1.82, 2.24) is 9.71 Å². The number of fused-ring (bicyclic) bond motifs is 3. The van der Waals surface area contributed by atoms with Gasteiger partial charge in [-0.3, -0.25) is 9.78 Å². The maximum atomic E-state index is 12.2. The van der Waals surface area contributed by atoms with Crippen molar-refractivity contribution >= 4 is 21.7 Å². The second-order valence-electron chi connectivity index (χ2n) is 3.72. The average molecular weight is 226 g/mol. The minimum absolute atomic E-state index is 0.163. The summed E-state index contributed by atoms with van der Waals surface area (Å²) in [5, 5.41) is 2.52. The van der Waals surface area contributed by atoms with Gasteiger partial charge in [0.15, 0.2) is 0 Å². The molecule has 0 aliphatic carbocycles. The predicted molar refractivity (Wildman–Crippen MR) is 66.0 cm³/mol. The standard InChI is InChI=1S/C13H10N2O2/c1-17-15-12-8-14-7-6-10(12)9-4-2-3-5-11(9)13(15)16/h2-8H,1H3. The number of hydrogen-bond donors (Lipinski definition) is 0. The Hall–Kier alpha value is -2.36. The molecule has 1 aromatic carbocycles. The van der Waals surface area contributed by atoms with E-state index < -0.39 is 0 Å². The van der Waals surface area contributed by atoms with Crippen LogP contribution in [0.2, 0.25) is 0 Å². The Bertz CT molecular complexity index is 762. The summed E-state index contributed by atoms with van der Waals surface area (Å²) in [4.78, 5) is 21.3. The molecule has 0 aliphatic heterocycles. The van der Waals surface area contributed by atoms with Gasteiger partial charge < -0.3 is 4.84 Å². The highest BCUT2D eigenvalue weighted by atomic mass is 16.6. The molecule has 3 rings (SSSR count). The molecule has 0 saturated carbocycles. The summed E-state index contributed by atoms with van der Waals surface area (Å²) < 4.78 is 1.27. The molecule has 3 aromatic rings. The van der Waals surface area contributed by atoms with Gasteiger partial charge in [0, 0.05) is 11.6 Å². The molecule has 2 aromatic heterocycles. The van der Waals surface area contributed by atoms with Crippen molar-refractivity contribution in [3.63, 3.8) is 0 Å². The topological polar surface area (TPSA) is 44.1 Å². The van der Waals surface area contributed by atoms with E-state index in [9.17, 15) is 4.79 Å². The largest absolute Gasteiger partial charge is 0.413 e. The lowest BCUT2D eigenvalue weighted by atomic mass is 10.1. The van der Waals surface area contributed by atoms with Crippen LogP contribution in [0.4, 0.5) is 0 Å². The van der Waals surface area contributed by atoms with Crippen LogP contribution < -0.4 is 10.4 Å². The molecule has 0 fully saturated rings. The molecule has 0 N–H and O–H groups in total. The van der Waals surface area contributed by atoms with Crippen LogP contribution in [0, 0.1) is 0 Å². The van der Waals surface area contributed by atoms with Crippen LogP contribution in [-0.4, -0.2) is 16.8 Å². The molecule has 17 heavy (non-hydrogen) atoms. The van der Waals surface area contributed by atoms with Crippen LogP contribution in [0.15, 0.2) is 47.5 Å². The summed E-state index contributed by atoms with van der Waals surface area (Å²) in [5.74, 6) is 0. The summed E-state index contributed by atoms with van der Waals surface area (Å²) in [6.07, 6.45) is 3.34. The molecule has 0 unspecified atom stereocenters. The lowest BCUT2D eigenvalue weighted by molar-refractivity contribution is 0.170. The first-order valence-electron chi connectivity index (χ1n) is 5.25. The molecular weight excluding hydrogens is 216 g/mol. The van der Waals surface area contributed by atoms with E-state index in [1.165, 1.54) is 11.8 Å². The number of benzene rings is 1. The number of aromatic nitrogens is 2. The van der Waals surface area contributed by atoms with Crippen LogP contribution in [0.1, 0.15) is 0 Å². The Morgan fingerprint density at radius 2 is 1.88 bits per heavy atom. The Kier molecular flexibility index (Phi) is 2.08. The molecule has 4 nitrogen and oxygen atoms in total. The van der Waals surface area contributed by atoms with Crippen molar-refractivity contribution in [1.29, 1.82) is 0 Å². The zero-order chi connectivity index (χ0) is 11.8. The molecule has 0 aliphatic rings. The minimum atomic E-state index is -0.163. The van der Waals surface area contributed by atoms with E-state index in [0.29, 0.717) is 10.9 Å². The summed E-state index contributed by atoms with van der Waals surface area (Å²) in [6, 6.07) is 9.37. The summed E-state index contributed by atoms with van der Waals surface area (Å²) in [6.45, 7) is 0. The molecular formula is C13H10N2O2. The van der Waals surface area contributed by atoms with Gasteiger partial charge in [0.1, 0.15) is 12.6 Å². The number of nitrogens with zero attached hydrogens (tertiary/aromatic N) is 2. The third-order valence-electron chi connectivity index (χ3n) is 2.83. The minimum Gasteiger partial charge on any atom is -0.413 e. The molecule has 84 valence electrons. The molecule has 2 heterocycles. The van der Waals surface area contributed by atoms with E-state index in [1.807, 2.05) is 24.3 Å². The zero-order valence-corrected chi connectivity index (χ0v) is 9.25. The number of rotatable bonds is 1. The highest BCUT2D eigenvalue weighted by Crippen LogP contribution is 2.20. The Morgan fingerprint density at radius 1 is 1.12 bits per heavy atom. The summed E-state index contributed by atoms with van der Waals surface area (Å²) >= 11 is 0. The molecule has 0 radical (unpaired) electrons. The summed E-state index contributed by atoms with van der Waals surface area (Å²) in [5.41, 5.74) is 0.516. The van der Waals surface area contributed by atoms with Crippen LogP contribution in [0.5, 0.6) is 0 Å². The number of pyridine rings is 2. The molecule has 0 atom stereocenters. The van der Waals surface area contributed by atoms with Crippen molar-refractivity contribution in [3.05, 3.63) is 53.1 Å². The van der Waals surface area contributed by atoms with Crippen LogP contribution in [-0.2, 0) is 0 Å². The Morgan fingerprint density at radius 3 is 2.65 bits per heavy atom. The molecule has 0 saturated heterocycles. The molecule has 4 heteroatoms. The Balaban J connectivity index is 2.69. The monoisotopic (exact) mass is 226 g/mol. The first-order chi connectivity index (χ1) is 8.33. The van der Waals surface area contributed by atoms with Crippen LogP contribution in [0.3, 0.4) is 0 Å². The van der Waals surface area contributed by atoms with Crippen molar-refractivity contribution in [3.8, 4) is 0 Å². The lowest BCUT2D eigenvalue weighted by Crippen LogP contribution is -2.25. The van der Waals surface area contributed by atoms with E-state index in [-0.39, 0.29) is 5.56 Å². The Labute approximate surface area is 97.0 Å². The predicted octanol–water partition coefficient (Wildman–Crippen LogP) is 1.61. The van der Waals surface area contributed by atoms with E-state index in [1.54, 1.807) is 18.5 Å². The van der Waals surface area contributed by atoms with Crippen molar-refractivity contribution in [2.45, 2.75) is 0 Å². The normalized spacial score (nSPS) is 10.9. The van der Waals surface area contributed by atoms with E-state index >= 15 is 0 Å². The van der Waals surface area contributed by atoms with Gasteiger partial charge >= 0.3 is 0 Å². The quantitative estimate of drug-likeness (QED) is 0.592. The van der Waals surface area contributed by atoms with Gasteiger partial charge in [0.2, 0.25) is 0 Å². The fourth-order valence-electron chi connectivity index (χ4n) is 2.08.